The topological polar surface area (TPSA) is 52.3 Å². The van der Waals surface area contributed by atoms with Crippen LogP contribution in [0.4, 0.5) is 0 Å². The van der Waals surface area contributed by atoms with E-state index in [0.717, 1.165) is 30.4 Å². The zero-order chi connectivity index (χ0) is 10.8. The van der Waals surface area contributed by atoms with Gasteiger partial charge in [0.2, 0.25) is 0 Å². The molecule has 2 N–H and O–H groups in total. The fourth-order valence-corrected chi connectivity index (χ4v) is 2.17. The van der Waals surface area contributed by atoms with Crippen LogP contribution in [0.5, 0.6) is 5.75 Å². The molecule has 0 saturated carbocycles. The van der Waals surface area contributed by atoms with E-state index in [4.69, 9.17) is 10.5 Å². The number of fused-ring (bicyclic) bond motifs is 1. The van der Waals surface area contributed by atoms with E-state index in [1.165, 1.54) is 11.1 Å². The lowest BCUT2D eigenvalue weighted by atomic mass is 10.0. The van der Waals surface area contributed by atoms with Crippen molar-refractivity contribution in [2.45, 2.75) is 25.3 Å². The van der Waals surface area contributed by atoms with Gasteiger partial charge in [-0.25, -0.2) is 0 Å². The Morgan fingerprint density at radius 2 is 2.13 bits per heavy atom. The Hall–Kier alpha value is -1.35. The first-order valence-corrected chi connectivity index (χ1v) is 5.12. The first-order chi connectivity index (χ1) is 7.24. The minimum atomic E-state index is 0.219. The molecule has 1 aliphatic carbocycles. The number of hydrogen-bond donors (Lipinski definition) is 1. The average molecular weight is 205 g/mol. The van der Waals surface area contributed by atoms with E-state index in [0.29, 0.717) is 6.42 Å². The van der Waals surface area contributed by atoms with Crippen molar-refractivity contribution in [3.63, 3.8) is 0 Å². The number of hydrogen-bond acceptors (Lipinski definition) is 3. The Balaban J connectivity index is 2.40. The van der Waals surface area contributed by atoms with Crippen molar-refractivity contribution in [1.82, 2.24) is 0 Å². The van der Waals surface area contributed by atoms with Gasteiger partial charge in [-0.15, -0.1) is 0 Å². The molecule has 80 valence electrons. The van der Waals surface area contributed by atoms with Gasteiger partial charge in [-0.1, -0.05) is 6.07 Å². The molecule has 1 aromatic rings. The van der Waals surface area contributed by atoms with E-state index in [2.05, 4.69) is 6.07 Å². The second kappa shape index (κ2) is 4.03. The minimum Gasteiger partial charge on any atom is -0.496 e. The van der Waals surface area contributed by atoms with Gasteiger partial charge in [0.15, 0.2) is 0 Å². The molecule has 0 radical (unpaired) electrons. The smallest absolute Gasteiger partial charge is 0.124 e. The van der Waals surface area contributed by atoms with E-state index >= 15 is 0 Å². The maximum absolute atomic E-state index is 10.5. The molecule has 0 saturated heterocycles. The number of rotatable bonds is 3. The molecule has 0 aliphatic heterocycles. The Bertz CT molecular complexity index is 387. The third-order valence-electron chi connectivity index (χ3n) is 2.87. The number of carbonyl (C=O) groups excluding carboxylic acids is 1. The van der Waals surface area contributed by atoms with Crippen LogP contribution in [0.25, 0.3) is 0 Å². The number of carbonyl (C=O) groups is 1. The fourth-order valence-electron chi connectivity index (χ4n) is 2.17. The van der Waals surface area contributed by atoms with Gasteiger partial charge in [0.05, 0.1) is 7.11 Å². The van der Waals surface area contributed by atoms with Crippen molar-refractivity contribution in [2.24, 2.45) is 5.73 Å². The molecular weight excluding hydrogens is 190 g/mol. The van der Waals surface area contributed by atoms with Crippen LogP contribution >= 0.6 is 0 Å². The summed E-state index contributed by atoms with van der Waals surface area (Å²) in [6.07, 6.45) is 3.13. The molecule has 0 heterocycles. The van der Waals surface area contributed by atoms with Crippen LogP contribution < -0.4 is 10.5 Å². The highest BCUT2D eigenvalue weighted by molar-refractivity contribution is 5.59. The van der Waals surface area contributed by atoms with Gasteiger partial charge >= 0.3 is 0 Å². The molecule has 0 bridgehead atoms. The quantitative estimate of drug-likeness (QED) is 0.745. The SMILES string of the molecule is COc1cc2c(cc1CC=O)CC(N)C2. The summed E-state index contributed by atoms with van der Waals surface area (Å²) < 4.78 is 5.26. The summed E-state index contributed by atoms with van der Waals surface area (Å²) in [4.78, 5) is 10.5. The molecule has 0 amide bonds. The first-order valence-electron chi connectivity index (χ1n) is 5.12. The van der Waals surface area contributed by atoms with Crippen LogP contribution in [0.1, 0.15) is 16.7 Å². The minimum absolute atomic E-state index is 0.219. The highest BCUT2D eigenvalue weighted by Gasteiger charge is 2.20. The molecule has 1 aliphatic rings. The van der Waals surface area contributed by atoms with Gasteiger partial charge in [-0.2, -0.15) is 0 Å². The number of nitrogens with two attached hydrogens (primary N) is 1. The van der Waals surface area contributed by atoms with Gasteiger partial charge in [0.1, 0.15) is 12.0 Å². The van der Waals surface area contributed by atoms with Crippen molar-refractivity contribution in [3.05, 3.63) is 28.8 Å². The Kier molecular flexibility index (Phi) is 2.73. The number of methoxy groups -OCH3 is 1. The molecular formula is C12H15NO2. The monoisotopic (exact) mass is 205 g/mol. The third kappa shape index (κ3) is 1.88. The fraction of sp³-hybridized carbons (Fsp3) is 0.417. The lowest BCUT2D eigenvalue weighted by molar-refractivity contribution is -0.107. The van der Waals surface area contributed by atoms with E-state index in [-0.39, 0.29) is 6.04 Å². The van der Waals surface area contributed by atoms with Crippen molar-refractivity contribution >= 4 is 6.29 Å². The molecule has 0 aromatic heterocycles. The zero-order valence-corrected chi connectivity index (χ0v) is 8.82. The normalized spacial score (nSPS) is 18.7. The number of ether oxygens (including phenoxy) is 1. The van der Waals surface area contributed by atoms with Gasteiger partial charge in [0, 0.05) is 18.0 Å². The van der Waals surface area contributed by atoms with Crippen LogP contribution in [0, 0.1) is 0 Å². The number of benzene rings is 1. The van der Waals surface area contributed by atoms with Crippen LogP contribution in [-0.2, 0) is 24.1 Å². The number of aldehydes is 1. The summed E-state index contributed by atoms with van der Waals surface area (Å²) in [5.74, 6) is 0.801. The predicted octanol–water partition coefficient (Wildman–Crippen LogP) is 0.862. The van der Waals surface area contributed by atoms with Crippen molar-refractivity contribution < 1.29 is 9.53 Å². The van der Waals surface area contributed by atoms with Crippen molar-refractivity contribution in [1.29, 1.82) is 0 Å². The summed E-state index contributed by atoms with van der Waals surface area (Å²) in [7, 11) is 1.63. The Labute approximate surface area is 89.2 Å². The Morgan fingerprint density at radius 1 is 1.47 bits per heavy atom. The lowest BCUT2D eigenvalue weighted by Gasteiger charge is -2.09. The summed E-state index contributed by atoms with van der Waals surface area (Å²) in [6.45, 7) is 0. The Morgan fingerprint density at radius 3 is 2.73 bits per heavy atom. The summed E-state index contributed by atoms with van der Waals surface area (Å²) in [5, 5.41) is 0. The van der Waals surface area contributed by atoms with Crippen LogP contribution in [0.15, 0.2) is 12.1 Å². The van der Waals surface area contributed by atoms with E-state index in [1.54, 1.807) is 7.11 Å². The van der Waals surface area contributed by atoms with Gasteiger partial charge in [-0.3, -0.25) is 0 Å². The van der Waals surface area contributed by atoms with Gasteiger partial charge < -0.3 is 15.3 Å². The molecule has 0 fully saturated rings. The molecule has 1 atom stereocenters. The predicted molar refractivity (Wildman–Crippen MR) is 58.1 cm³/mol. The molecule has 15 heavy (non-hydrogen) atoms. The van der Waals surface area contributed by atoms with Crippen molar-refractivity contribution in [2.75, 3.05) is 7.11 Å². The highest BCUT2D eigenvalue weighted by Crippen LogP contribution is 2.29. The summed E-state index contributed by atoms with van der Waals surface area (Å²) in [5.41, 5.74) is 9.37. The molecule has 1 aromatic carbocycles. The summed E-state index contributed by atoms with van der Waals surface area (Å²) >= 11 is 0. The van der Waals surface area contributed by atoms with Gasteiger partial charge in [0.25, 0.3) is 0 Å². The molecule has 1 unspecified atom stereocenters. The van der Waals surface area contributed by atoms with Crippen molar-refractivity contribution in [3.8, 4) is 5.75 Å². The maximum atomic E-state index is 10.5. The van der Waals surface area contributed by atoms with E-state index in [1.807, 2.05) is 6.07 Å². The van der Waals surface area contributed by atoms with E-state index in [9.17, 15) is 4.79 Å². The average Bonchev–Trinajstić information content (AvgIpc) is 2.56. The highest BCUT2D eigenvalue weighted by atomic mass is 16.5. The second-order valence-electron chi connectivity index (χ2n) is 3.97. The summed E-state index contributed by atoms with van der Waals surface area (Å²) in [6, 6.07) is 4.28. The third-order valence-corrected chi connectivity index (χ3v) is 2.87. The van der Waals surface area contributed by atoms with E-state index < -0.39 is 0 Å². The largest absolute Gasteiger partial charge is 0.496 e. The van der Waals surface area contributed by atoms with Gasteiger partial charge in [-0.05, 0) is 30.0 Å². The van der Waals surface area contributed by atoms with Crippen LogP contribution in [-0.4, -0.2) is 19.4 Å². The maximum Gasteiger partial charge on any atom is 0.124 e. The van der Waals surface area contributed by atoms with Crippen LogP contribution in [0.2, 0.25) is 0 Å². The van der Waals surface area contributed by atoms with Crippen LogP contribution in [0.3, 0.4) is 0 Å². The standard InChI is InChI=1S/C12H15NO2/c1-15-12-7-10-6-11(13)5-9(10)4-8(12)2-3-14/h3-4,7,11H,2,5-6,13H2,1H3. The second-order valence-corrected chi connectivity index (χ2v) is 3.97. The molecule has 2 rings (SSSR count). The molecule has 3 heteroatoms. The molecule has 3 nitrogen and oxygen atoms in total. The lowest BCUT2D eigenvalue weighted by Crippen LogP contribution is -2.18. The zero-order valence-electron chi connectivity index (χ0n) is 8.82. The first kappa shape index (κ1) is 10.2. The molecule has 0 spiro atoms.